The number of carbonyl (C=O) groups is 4. The Hall–Kier alpha value is -2.94. The number of carboxylic acid groups (broad SMARTS) is 1. The van der Waals surface area contributed by atoms with Crippen LogP contribution in [0.3, 0.4) is 0 Å². The SMILES string of the molecule is CCOC(=O)[C@H](CCc1ccccc1)N(C)[C@@H](C)C(=O)N1C(=O)N(C)C[C@H]1C(=O)O. The summed E-state index contributed by atoms with van der Waals surface area (Å²) < 4.78 is 5.19. The lowest BCUT2D eigenvalue weighted by atomic mass is 10.0. The summed E-state index contributed by atoms with van der Waals surface area (Å²) >= 11 is 0. The highest BCUT2D eigenvalue weighted by Gasteiger charge is 2.46. The Balaban J connectivity index is 2.19. The third-order valence-corrected chi connectivity index (χ3v) is 5.38. The number of imide groups is 1. The minimum Gasteiger partial charge on any atom is -0.480 e. The number of aryl methyl sites for hydroxylation is 1. The molecular weight excluding hydrogens is 390 g/mol. The molecule has 1 aromatic rings. The number of urea groups is 1. The van der Waals surface area contributed by atoms with E-state index in [9.17, 15) is 24.3 Å². The Labute approximate surface area is 176 Å². The fourth-order valence-electron chi connectivity index (χ4n) is 3.49. The number of carbonyl (C=O) groups excluding carboxylic acids is 3. The van der Waals surface area contributed by atoms with Crippen molar-refractivity contribution < 1.29 is 29.0 Å². The molecular formula is C21H29N3O6. The molecule has 1 aliphatic rings. The van der Waals surface area contributed by atoms with Crippen molar-refractivity contribution in [1.29, 1.82) is 0 Å². The van der Waals surface area contributed by atoms with Crippen LogP contribution in [0.1, 0.15) is 25.8 Å². The predicted octanol–water partition coefficient (Wildman–Crippen LogP) is 1.22. The van der Waals surface area contributed by atoms with Crippen LogP contribution in [0, 0.1) is 0 Å². The molecule has 0 saturated carbocycles. The zero-order chi connectivity index (χ0) is 22.4. The summed E-state index contributed by atoms with van der Waals surface area (Å²) in [5, 5.41) is 9.41. The number of nitrogens with zero attached hydrogens (tertiary/aromatic N) is 3. The smallest absolute Gasteiger partial charge is 0.328 e. The standard InChI is InChI=1S/C21H29N3O6/c1-5-30-20(28)16(12-11-15-9-7-6-8-10-15)23(4)14(2)18(25)24-17(19(26)27)13-22(3)21(24)29/h6-10,14,16-17H,5,11-13H2,1-4H3,(H,26,27)/t14-,16-,17-/m0/s1. The van der Waals surface area contributed by atoms with Gasteiger partial charge in [-0.2, -0.15) is 0 Å². The number of hydrogen-bond acceptors (Lipinski definition) is 6. The van der Waals surface area contributed by atoms with E-state index in [0.29, 0.717) is 12.8 Å². The quantitative estimate of drug-likeness (QED) is 0.600. The maximum atomic E-state index is 13.0. The van der Waals surface area contributed by atoms with Crippen LogP contribution in [0.4, 0.5) is 4.79 Å². The second-order valence-corrected chi connectivity index (χ2v) is 7.36. The van der Waals surface area contributed by atoms with Crippen LogP contribution in [0.15, 0.2) is 30.3 Å². The number of hydrogen-bond donors (Lipinski definition) is 1. The zero-order valence-corrected chi connectivity index (χ0v) is 17.8. The molecule has 1 fully saturated rings. The zero-order valence-electron chi connectivity index (χ0n) is 17.8. The summed E-state index contributed by atoms with van der Waals surface area (Å²) in [5.74, 6) is -2.37. The van der Waals surface area contributed by atoms with E-state index in [1.54, 1.807) is 25.8 Å². The van der Waals surface area contributed by atoms with Gasteiger partial charge in [-0.25, -0.2) is 14.5 Å². The van der Waals surface area contributed by atoms with Crippen molar-refractivity contribution in [2.75, 3.05) is 27.2 Å². The van der Waals surface area contributed by atoms with E-state index in [1.165, 1.54) is 11.9 Å². The molecule has 30 heavy (non-hydrogen) atoms. The van der Waals surface area contributed by atoms with E-state index < -0.39 is 42.0 Å². The van der Waals surface area contributed by atoms with Crippen LogP contribution >= 0.6 is 0 Å². The lowest BCUT2D eigenvalue weighted by Gasteiger charge is -2.33. The molecule has 0 bridgehead atoms. The molecule has 0 aliphatic carbocycles. The Bertz CT molecular complexity index is 784. The van der Waals surface area contributed by atoms with Crippen molar-refractivity contribution in [2.24, 2.45) is 0 Å². The fourth-order valence-corrected chi connectivity index (χ4v) is 3.49. The molecule has 1 N–H and O–H groups in total. The molecule has 3 atom stereocenters. The number of aliphatic carboxylic acids is 1. The van der Waals surface area contributed by atoms with Gasteiger partial charge in [-0.15, -0.1) is 0 Å². The van der Waals surface area contributed by atoms with Gasteiger partial charge in [0.15, 0.2) is 6.04 Å². The molecule has 2 rings (SSSR count). The van der Waals surface area contributed by atoms with E-state index in [2.05, 4.69) is 0 Å². The summed E-state index contributed by atoms with van der Waals surface area (Å²) in [4.78, 5) is 53.0. The fraction of sp³-hybridized carbons (Fsp3) is 0.524. The third kappa shape index (κ3) is 5.15. The van der Waals surface area contributed by atoms with Crippen molar-refractivity contribution in [3.05, 3.63) is 35.9 Å². The Morgan fingerprint density at radius 2 is 1.90 bits per heavy atom. The first-order valence-corrected chi connectivity index (χ1v) is 9.92. The molecule has 0 radical (unpaired) electrons. The van der Waals surface area contributed by atoms with Gasteiger partial charge in [0.1, 0.15) is 6.04 Å². The van der Waals surface area contributed by atoms with Gasteiger partial charge in [-0.1, -0.05) is 30.3 Å². The Morgan fingerprint density at radius 1 is 1.27 bits per heavy atom. The molecule has 1 aliphatic heterocycles. The van der Waals surface area contributed by atoms with E-state index in [0.717, 1.165) is 10.5 Å². The summed E-state index contributed by atoms with van der Waals surface area (Å²) in [7, 11) is 3.05. The lowest BCUT2D eigenvalue weighted by molar-refractivity contribution is -0.153. The molecule has 0 spiro atoms. The molecule has 9 nitrogen and oxygen atoms in total. The Kier molecular flexibility index (Phi) is 7.93. The number of benzene rings is 1. The number of carboxylic acids is 1. The van der Waals surface area contributed by atoms with Crippen molar-refractivity contribution in [1.82, 2.24) is 14.7 Å². The van der Waals surface area contributed by atoms with Gasteiger partial charge in [-0.3, -0.25) is 14.5 Å². The predicted molar refractivity (Wildman–Crippen MR) is 109 cm³/mol. The van der Waals surface area contributed by atoms with Crippen molar-refractivity contribution >= 4 is 23.9 Å². The van der Waals surface area contributed by atoms with Crippen molar-refractivity contribution in [3.8, 4) is 0 Å². The highest BCUT2D eigenvalue weighted by atomic mass is 16.5. The molecule has 1 saturated heterocycles. The van der Waals surface area contributed by atoms with E-state index in [4.69, 9.17) is 4.74 Å². The average Bonchev–Trinajstić information content (AvgIpc) is 3.02. The molecule has 164 valence electrons. The summed E-state index contributed by atoms with van der Waals surface area (Å²) in [6.45, 7) is 3.39. The van der Waals surface area contributed by atoms with Crippen LogP contribution in [-0.4, -0.2) is 89.1 Å². The number of likely N-dealkylation sites (N-methyl/N-ethyl adjacent to an activating group) is 2. The van der Waals surface area contributed by atoms with Crippen molar-refractivity contribution in [2.45, 2.75) is 44.8 Å². The topological polar surface area (TPSA) is 107 Å². The van der Waals surface area contributed by atoms with E-state index in [1.807, 2.05) is 30.3 Å². The van der Waals surface area contributed by atoms with Crippen molar-refractivity contribution in [3.63, 3.8) is 0 Å². The van der Waals surface area contributed by atoms with E-state index >= 15 is 0 Å². The van der Waals surface area contributed by atoms with Crippen LogP contribution < -0.4 is 0 Å². The number of ether oxygens (including phenoxy) is 1. The highest BCUT2D eigenvalue weighted by Crippen LogP contribution is 2.20. The van der Waals surface area contributed by atoms with Gasteiger partial charge in [0, 0.05) is 7.05 Å². The van der Waals surface area contributed by atoms with Gasteiger partial charge < -0.3 is 14.7 Å². The second kappa shape index (κ2) is 10.2. The molecule has 0 unspecified atom stereocenters. The second-order valence-electron chi connectivity index (χ2n) is 7.36. The maximum Gasteiger partial charge on any atom is 0.328 e. The third-order valence-electron chi connectivity index (χ3n) is 5.38. The first-order chi connectivity index (χ1) is 14.2. The average molecular weight is 419 g/mol. The monoisotopic (exact) mass is 419 g/mol. The van der Waals surface area contributed by atoms with Gasteiger partial charge in [0.05, 0.1) is 19.2 Å². The highest BCUT2D eigenvalue weighted by molar-refractivity contribution is 6.02. The number of amides is 3. The summed E-state index contributed by atoms with van der Waals surface area (Å²) in [6, 6.07) is 6.09. The van der Waals surface area contributed by atoms with Crippen LogP contribution in [0.25, 0.3) is 0 Å². The minimum absolute atomic E-state index is 0.0777. The van der Waals surface area contributed by atoms with E-state index in [-0.39, 0.29) is 13.2 Å². The summed E-state index contributed by atoms with van der Waals surface area (Å²) in [6.07, 6.45) is 1.01. The van der Waals surface area contributed by atoms with Gasteiger partial charge in [-0.05, 0) is 39.3 Å². The number of esters is 1. The molecule has 1 heterocycles. The lowest BCUT2D eigenvalue weighted by Crippen LogP contribution is -2.55. The largest absolute Gasteiger partial charge is 0.480 e. The minimum atomic E-state index is -1.25. The maximum absolute atomic E-state index is 13.0. The normalized spacial score (nSPS) is 18.4. The molecule has 9 heteroatoms. The van der Waals surface area contributed by atoms with Gasteiger partial charge >= 0.3 is 18.0 Å². The number of rotatable bonds is 9. The molecule has 1 aromatic carbocycles. The summed E-state index contributed by atoms with van der Waals surface area (Å²) in [5.41, 5.74) is 1.04. The van der Waals surface area contributed by atoms with Gasteiger partial charge in [0.25, 0.3) is 0 Å². The van der Waals surface area contributed by atoms with Crippen LogP contribution in [0.5, 0.6) is 0 Å². The molecule has 3 amide bonds. The first-order valence-electron chi connectivity index (χ1n) is 9.92. The molecule has 0 aromatic heterocycles. The Morgan fingerprint density at radius 3 is 2.47 bits per heavy atom. The van der Waals surface area contributed by atoms with Crippen LogP contribution in [-0.2, 0) is 25.5 Å². The van der Waals surface area contributed by atoms with Gasteiger partial charge in [0.2, 0.25) is 5.91 Å². The van der Waals surface area contributed by atoms with Crippen LogP contribution in [0.2, 0.25) is 0 Å². The first kappa shape index (κ1) is 23.3.